The molecule has 0 saturated carbocycles. The quantitative estimate of drug-likeness (QED) is 0.345. The average molecular weight is 477 g/mol. The molecule has 128 valence electrons. The molecule has 0 fully saturated rings. The minimum absolute atomic E-state index is 0. The van der Waals surface area contributed by atoms with Gasteiger partial charge in [0, 0.05) is 25.8 Å². The normalized spacial score (nSPS) is 10.0. The van der Waals surface area contributed by atoms with Crippen LogP contribution in [0.2, 0.25) is 0 Å². The predicted octanol–water partition coefficient (Wildman–Crippen LogP) is 6.18. The Kier molecular flexibility index (Phi) is 11.8. The maximum absolute atomic E-state index is 2.35. The van der Waals surface area contributed by atoms with E-state index in [4.69, 9.17) is 0 Å². The molecule has 1 heteroatoms. The minimum Gasteiger partial charge on any atom is -0.207 e. The van der Waals surface area contributed by atoms with Crippen LogP contribution < -0.4 is 0 Å². The van der Waals surface area contributed by atoms with E-state index in [2.05, 4.69) is 65.8 Å². The van der Waals surface area contributed by atoms with Gasteiger partial charge in [-0.25, -0.2) is 12.1 Å². The van der Waals surface area contributed by atoms with Gasteiger partial charge in [-0.3, -0.25) is 0 Å². The summed E-state index contributed by atoms with van der Waals surface area (Å²) in [6, 6.07) is 9.38. The molecule has 0 aliphatic heterocycles. The fourth-order valence-corrected chi connectivity index (χ4v) is 3.07. The summed E-state index contributed by atoms with van der Waals surface area (Å²) in [5.74, 6) is 0. The van der Waals surface area contributed by atoms with E-state index >= 15 is 0 Å². The Morgan fingerprint density at radius 2 is 0.957 bits per heavy atom. The fraction of sp³-hybridized carbons (Fsp3) is 0.545. The fourth-order valence-electron chi connectivity index (χ4n) is 3.07. The Labute approximate surface area is 163 Å². The van der Waals surface area contributed by atoms with Gasteiger partial charge in [-0.15, -0.1) is 0 Å². The molecule has 0 aromatic heterocycles. The van der Waals surface area contributed by atoms with Crippen molar-refractivity contribution < 1.29 is 25.8 Å². The first-order chi connectivity index (χ1) is 10.6. The second-order valence-corrected chi connectivity index (χ2v) is 5.95. The molecule has 0 atom stereocenters. The molecule has 0 saturated heterocycles. The zero-order chi connectivity index (χ0) is 16.5. The Bertz CT molecular complexity index is 449. The van der Waals surface area contributed by atoms with E-state index in [-0.39, 0.29) is 25.8 Å². The van der Waals surface area contributed by atoms with E-state index in [1.54, 1.807) is 22.3 Å². The molecule has 0 aliphatic carbocycles. The molecule has 2 aromatic rings. The van der Waals surface area contributed by atoms with Gasteiger partial charge in [0.15, 0.2) is 0 Å². The molecule has 0 spiro atoms. The summed E-state index contributed by atoms with van der Waals surface area (Å²) in [6.07, 6.45) is 7.08. The van der Waals surface area contributed by atoms with Crippen LogP contribution in [0.4, 0.5) is 0 Å². The van der Waals surface area contributed by atoms with Crippen LogP contribution in [0.5, 0.6) is 0 Å². The van der Waals surface area contributed by atoms with Gasteiger partial charge in [-0.05, 0) is 0 Å². The Morgan fingerprint density at radius 3 is 1.13 bits per heavy atom. The van der Waals surface area contributed by atoms with Crippen LogP contribution in [0.1, 0.15) is 74.9 Å². The number of hydrogen-bond donors (Lipinski definition) is 0. The molecule has 2 aromatic carbocycles. The van der Waals surface area contributed by atoms with Crippen molar-refractivity contribution in [3.05, 3.63) is 57.6 Å². The van der Waals surface area contributed by atoms with Crippen molar-refractivity contribution >= 4 is 0 Å². The van der Waals surface area contributed by atoms with Crippen LogP contribution >= 0.6 is 0 Å². The molecular weight excluding hydrogens is 443 g/mol. The first-order valence-electron chi connectivity index (χ1n) is 9.17. The van der Waals surface area contributed by atoms with E-state index in [0.717, 1.165) is 0 Å². The van der Waals surface area contributed by atoms with E-state index in [1.165, 1.54) is 49.7 Å². The smallest absolute Gasteiger partial charge is 0 e. The SMILES string of the molecule is CCc1cc(CC)[c-](CC)c1.CCc1cc(CC)[c-](CC)c1.[Hf]. The zero-order valence-corrected chi connectivity index (χ0v) is 19.6. The van der Waals surface area contributed by atoms with Crippen LogP contribution in [0, 0.1) is 0 Å². The van der Waals surface area contributed by atoms with Crippen molar-refractivity contribution in [2.45, 2.75) is 80.1 Å². The van der Waals surface area contributed by atoms with Crippen LogP contribution in [0.3, 0.4) is 0 Å². The molecule has 2 rings (SSSR count). The monoisotopic (exact) mass is 478 g/mol. The standard InChI is InChI=1S/2C11H17.Hf/c2*1-4-9-7-10(5-2)11(6-3)8-9;/h2*7-8H,4-6H2,1-3H3;/q2*-1;. The molecule has 0 N–H and O–H groups in total. The summed E-state index contributed by atoms with van der Waals surface area (Å²) >= 11 is 0. The minimum atomic E-state index is 0. The summed E-state index contributed by atoms with van der Waals surface area (Å²) in [7, 11) is 0. The number of rotatable bonds is 6. The van der Waals surface area contributed by atoms with Crippen molar-refractivity contribution in [3.8, 4) is 0 Å². The second-order valence-electron chi connectivity index (χ2n) is 5.95. The molecule has 0 nitrogen and oxygen atoms in total. The first kappa shape index (κ1) is 22.6. The van der Waals surface area contributed by atoms with Crippen molar-refractivity contribution in [1.29, 1.82) is 0 Å². The molecule has 0 heterocycles. The van der Waals surface area contributed by atoms with Crippen LogP contribution in [0.15, 0.2) is 24.3 Å². The summed E-state index contributed by atoms with van der Waals surface area (Å²) in [5, 5.41) is 0. The maximum Gasteiger partial charge on any atom is 0 e. The van der Waals surface area contributed by atoms with Gasteiger partial charge in [-0.2, -0.15) is 45.5 Å². The van der Waals surface area contributed by atoms with E-state index < -0.39 is 0 Å². The van der Waals surface area contributed by atoms with Crippen molar-refractivity contribution in [3.63, 3.8) is 0 Å². The van der Waals surface area contributed by atoms with Crippen molar-refractivity contribution in [1.82, 2.24) is 0 Å². The van der Waals surface area contributed by atoms with Crippen molar-refractivity contribution in [2.75, 3.05) is 0 Å². The van der Waals surface area contributed by atoms with Crippen molar-refractivity contribution in [2.24, 2.45) is 0 Å². The summed E-state index contributed by atoms with van der Waals surface area (Å²) in [6.45, 7) is 13.4. The zero-order valence-electron chi connectivity index (χ0n) is 16.1. The third-order valence-corrected chi connectivity index (χ3v) is 4.60. The number of aryl methyl sites for hydroxylation is 6. The van der Waals surface area contributed by atoms with Gasteiger partial charge in [0.2, 0.25) is 0 Å². The number of hydrogen-bond acceptors (Lipinski definition) is 0. The van der Waals surface area contributed by atoms with E-state index in [1.807, 2.05) is 0 Å². The Morgan fingerprint density at radius 1 is 0.609 bits per heavy atom. The van der Waals surface area contributed by atoms with Crippen LogP contribution in [0.25, 0.3) is 0 Å². The Balaban J connectivity index is 0.000000403. The third-order valence-electron chi connectivity index (χ3n) is 4.60. The molecule has 0 radical (unpaired) electrons. The average Bonchev–Trinajstić information content (AvgIpc) is 3.17. The maximum atomic E-state index is 2.35. The molecule has 0 bridgehead atoms. The summed E-state index contributed by atoms with van der Waals surface area (Å²) in [4.78, 5) is 0. The third kappa shape index (κ3) is 6.53. The predicted molar refractivity (Wildman–Crippen MR) is 100 cm³/mol. The van der Waals surface area contributed by atoms with Gasteiger partial charge < -0.3 is 0 Å². The first-order valence-corrected chi connectivity index (χ1v) is 9.17. The Hall–Kier alpha value is -0.430. The van der Waals surface area contributed by atoms with Gasteiger partial charge >= 0.3 is 0 Å². The molecule has 0 amide bonds. The largest absolute Gasteiger partial charge is 0.207 e. The van der Waals surface area contributed by atoms with Gasteiger partial charge in [0.1, 0.15) is 0 Å². The molecule has 23 heavy (non-hydrogen) atoms. The molecular formula is C22H34Hf-2. The molecule has 0 aliphatic rings. The topological polar surface area (TPSA) is 0 Å². The molecule has 0 unspecified atom stereocenters. The second kappa shape index (κ2) is 12.0. The van der Waals surface area contributed by atoms with Gasteiger partial charge in [-0.1, -0.05) is 80.1 Å². The summed E-state index contributed by atoms with van der Waals surface area (Å²) in [5.41, 5.74) is 9.18. The van der Waals surface area contributed by atoms with Gasteiger partial charge in [0.25, 0.3) is 0 Å². The van der Waals surface area contributed by atoms with E-state index in [9.17, 15) is 0 Å². The van der Waals surface area contributed by atoms with Gasteiger partial charge in [0.05, 0.1) is 0 Å². The van der Waals surface area contributed by atoms with Crippen LogP contribution in [-0.4, -0.2) is 0 Å². The summed E-state index contributed by atoms with van der Waals surface area (Å²) < 4.78 is 0. The van der Waals surface area contributed by atoms with E-state index in [0.29, 0.717) is 0 Å². The van der Waals surface area contributed by atoms with Crippen LogP contribution in [-0.2, 0) is 64.4 Å².